The Hall–Kier alpha value is -0.770. The first kappa shape index (κ1) is 14.3. The highest BCUT2D eigenvalue weighted by atomic mass is 35.5. The molecule has 2 N–H and O–H groups in total. The van der Waals surface area contributed by atoms with Crippen molar-refractivity contribution < 1.29 is 15.0 Å². The molecule has 0 bridgehead atoms. The van der Waals surface area contributed by atoms with Crippen LogP contribution in [0, 0.1) is 0 Å². The third kappa shape index (κ3) is 3.60. The lowest BCUT2D eigenvalue weighted by molar-refractivity contribution is -0.147. The molecule has 1 aromatic rings. The molecule has 1 unspecified atom stereocenters. The minimum Gasteiger partial charge on any atom is -0.479 e. The van der Waals surface area contributed by atoms with Crippen LogP contribution in [0.1, 0.15) is 29.2 Å². The van der Waals surface area contributed by atoms with E-state index >= 15 is 0 Å². The van der Waals surface area contributed by atoms with E-state index in [1.54, 1.807) is 12.1 Å². The van der Waals surface area contributed by atoms with Crippen LogP contribution >= 0.6 is 23.2 Å². The van der Waals surface area contributed by atoms with Gasteiger partial charge in [0, 0.05) is 11.8 Å². The van der Waals surface area contributed by atoms with E-state index in [-0.39, 0.29) is 5.88 Å². The Kier molecular flexibility index (Phi) is 5.75. The van der Waals surface area contributed by atoms with Gasteiger partial charge in [-0.15, -0.1) is 23.2 Å². The van der Waals surface area contributed by atoms with Gasteiger partial charge in [-0.3, -0.25) is 0 Å². The molecular weight excluding hydrogens is 263 g/mol. The molecule has 1 aromatic carbocycles. The summed E-state index contributed by atoms with van der Waals surface area (Å²) in [6, 6.07) is 5.18. The molecule has 0 saturated carbocycles. The largest absolute Gasteiger partial charge is 0.479 e. The van der Waals surface area contributed by atoms with Gasteiger partial charge in [-0.2, -0.15) is 0 Å². The lowest BCUT2D eigenvalue weighted by Crippen LogP contribution is -2.13. The second-order valence-electron chi connectivity index (χ2n) is 3.65. The highest BCUT2D eigenvalue weighted by molar-refractivity contribution is 6.18. The molecule has 94 valence electrons. The van der Waals surface area contributed by atoms with Gasteiger partial charge >= 0.3 is 5.97 Å². The Morgan fingerprint density at radius 3 is 2.59 bits per heavy atom. The van der Waals surface area contributed by atoms with Gasteiger partial charge in [0.2, 0.25) is 0 Å². The van der Waals surface area contributed by atoms with Crippen LogP contribution < -0.4 is 0 Å². The number of rotatable bonds is 6. The standard InChI is InChI=1S/C12H14Cl2O3/c13-6-2-4-8-3-1-5-9(10(8)7-14)11(15)12(16)17/h1,3,5,11,15H,2,4,6-7H2,(H,16,17). The molecule has 0 aliphatic heterocycles. The van der Waals surface area contributed by atoms with Gasteiger partial charge in [0.25, 0.3) is 0 Å². The van der Waals surface area contributed by atoms with Crippen LogP contribution in [-0.4, -0.2) is 22.1 Å². The number of halogens is 2. The molecule has 0 aromatic heterocycles. The summed E-state index contributed by atoms with van der Waals surface area (Å²) in [5.41, 5.74) is 1.99. The van der Waals surface area contributed by atoms with Gasteiger partial charge in [0.1, 0.15) is 0 Å². The average Bonchev–Trinajstić information content (AvgIpc) is 2.34. The fourth-order valence-electron chi connectivity index (χ4n) is 1.70. The highest BCUT2D eigenvalue weighted by Gasteiger charge is 2.20. The number of hydrogen-bond acceptors (Lipinski definition) is 2. The maximum Gasteiger partial charge on any atom is 0.337 e. The third-order valence-corrected chi connectivity index (χ3v) is 3.09. The molecule has 1 atom stereocenters. The molecule has 0 aliphatic carbocycles. The molecule has 0 aliphatic rings. The topological polar surface area (TPSA) is 57.5 Å². The van der Waals surface area contributed by atoms with Crippen molar-refractivity contribution in [3.8, 4) is 0 Å². The number of aliphatic carboxylic acids is 1. The van der Waals surface area contributed by atoms with Gasteiger partial charge in [-0.1, -0.05) is 18.2 Å². The van der Waals surface area contributed by atoms with Crippen molar-refractivity contribution in [3.63, 3.8) is 0 Å². The smallest absolute Gasteiger partial charge is 0.337 e. The van der Waals surface area contributed by atoms with E-state index in [1.807, 2.05) is 6.07 Å². The summed E-state index contributed by atoms with van der Waals surface area (Å²) in [6.07, 6.45) is -0.0104. The number of hydrogen-bond donors (Lipinski definition) is 2. The van der Waals surface area contributed by atoms with Crippen molar-refractivity contribution in [1.29, 1.82) is 0 Å². The molecule has 0 heterocycles. The summed E-state index contributed by atoms with van der Waals surface area (Å²) in [4.78, 5) is 10.8. The lowest BCUT2D eigenvalue weighted by Gasteiger charge is -2.14. The molecule has 17 heavy (non-hydrogen) atoms. The molecule has 0 spiro atoms. The molecule has 0 saturated heterocycles. The van der Waals surface area contributed by atoms with Crippen molar-refractivity contribution in [2.24, 2.45) is 0 Å². The number of alkyl halides is 2. The second-order valence-corrected chi connectivity index (χ2v) is 4.30. The molecule has 3 nitrogen and oxygen atoms in total. The van der Waals surface area contributed by atoms with Crippen LogP contribution in [-0.2, 0) is 17.1 Å². The Morgan fingerprint density at radius 2 is 2.06 bits per heavy atom. The van der Waals surface area contributed by atoms with E-state index in [0.717, 1.165) is 18.4 Å². The summed E-state index contributed by atoms with van der Waals surface area (Å²) < 4.78 is 0. The number of aliphatic hydroxyl groups excluding tert-OH is 1. The lowest BCUT2D eigenvalue weighted by atomic mass is 9.96. The van der Waals surface area contributed by atoms with Gasteiger partial charge in [-0.25, -0.2) is 4.79 Å². The first-order chi connectivity index (χ1) is 8.11. The second kappa shape index (κ2) is 6.84. The van der Waals surface area contributed by atoms with E-state index in [4.69, 9.17) is 28.3 Å². The van der Waals surface area contributed by atoms with Crippen LogP contribution in [0.25, 0.3) is 0 Å². The van der Waals surface area contributed by atoms with E-state index in [9.17, 15) is 9.90 Å². The first-order valence-corrected chi connectivity index (χ1v) is 6.32. The van der Waals surface area contributed by atoms with Gasteiger partial charge in [0.15, 0.2) is 6.10 Å². The predicted octanol–water partition coefficient (Wildman–Crippen LogP) is 2.71. The number of aryl methyl sites for hydroxylation is 1. The van der Waals surface area contributed by atoms with Crippen LogP contribution in [0.3, 0.4) is 0 Å². The van der Waals surface area contributed by atoms with E-state index in [2.05, 4.69) is 0 Å². The number of carboxylic acid groups (broad SMARTS) is 1. The SMILES string of the molecule is O=C(O)C(O)c1cccc(CCCCl)c1CCl. The highest BCUT2D eigenvalue weighted by Crippen LogP contribution is 2.24. The molecular formula is C12H14Cl2O3. The molecule has 0 fully saturated rings. The first-order valence-electron chi connectivity index (χ1n) is 5.25. The summed E-state index contributed by atoms with van der Waals surface area (Å²) in [6.45, 7) is 0. The molecule has 0 amide bonds. The summed E-state index contributed by atoms with van der Waals surface area (Å²) in [5, 5.41) is 18.4. The quantitative estimate of drug-likeness (QED) is 0.786. The molecule has 1 rings (SSSR count). The Balaban J connectivity index is 3.09. The predicted molar refractivity (Wildman–Crippen MR) is 67.6 cm³/mol. The minimum absolute atomic E-state index is 0.179. The van der Waals surface area contributed by atoms with E-state index < -0.39 is 12.1 Å². The van der Waals surface area contributed by atoms with Crippen LogP contribution in [0.5, 0.6) is 0 Å². The number of benzene rings is 1. The van der Waals surface area contributed by atoms with Gasteiger partial charge in [-0.05, 0) is 29.5 Å². The van der Waals surface area contributed by atoms with Crippen molar-refractivity contribution in [2.45, 2.75) is 24.8 Å². The zero-order chi connectivity index (χ0) is 12.8. The van der Waals surface area contributed by atoms with Crippen molar-refractivity contribution >= 4 is 29.2 Å². The number of carbonyl (C=O) groups is 1. The minimum atomic E-state index is -1.53. The van der Waals surface area contributed by atoms with Crippen LogP contribution in [0.4, 0.5) is 0 Å². The summed E-state index contributed by atoms with van der Waals surface area (Å²) in [5.74, 6) is -0.558. The third-order valence-electron chi connectivity index (χ3n) is 2.55. The molecule has 5 heteroatoms. The van der Waals surface area contributed by atoms with Crippen molar-refractivity contribution in [3.05, 3.63) is 34.9 Å². The Morgan fingerprint density at radius 1 is 1.35 bits per heavy atom. The number of carboxylic acids is 1. The van der Waals surface area contributed by atoms with Crippen molar-refractivity contribution in [2.75, 3.05) is 5.88 Å². The molecule has 0 radical (unpaired) electrons. The zero-order valence-corrected chi connectivity index (χ0v) is 10.7. The average molecular weight is 277 g/mol. The van der Waals surface area contributed by atoms with E-state index in [0.29, 0.717) is 17.0 Å². The fourth-order valence-corrected chi connectivity index (χ4v) is 2.16. The van der Waals surface area contributed by atoms with Crippen LogP contribution in [0.15, 0.2) is 18.2 Å². The van der Waals surface area contributed by atoms with E-state index in [1.165, 1.54) is 0 Å². The number of aliphatic hydroxyl groups is 1. The summed E-state index contributed by atoms with van der Waals surface area (Å²) >= 11 is 11.5. The monoisotopic (exact) mass is 276 g/mol. The van der Waals surface area contributed by atoms with Crippen molar-refractivity contribution in [1.82, 2.24) is 0 Å². The Labute approximate surface area is 110 Å². The van der Waals surface area contributed by atoms with Crippen LogP contribution in [0.2, 0.25) is 0 Å². The Bertz CT molecular complexity index is 393. The maximum absolute atomic E-state index is 10.8. The zero-order valence-electron chi connectivity index (χ0n) is 9.20. The van der Waals surface area contributed by atoms with Gasteiger partial charge < -0.3 is 10.2 Å². The fraction of sp³-hybridized carbons (Fsp3) is 0.417. The normalized spacial score (nSPS) is 12.4. The maximum atomic E-state index is 10.8. The van der Waals surface area contributed by atoms with Gasteiger partial charge in [0.05, 0.1) is 0 Å². The summed E-state index contributed by atoms with van der Waals surface area (Å²) in [7, 11) is 0.